The van der Waals surface area contributed by atoms with Crippen molar-refractivity contribution in [3.05, 3.63) is 33.8 Å². The number of aryl methyl sites for hydroxylation is 1. The van der Waals surface area contributed by atoms with E-state index in [0.29, 0.717) is 16.5 Å². The standard InChI is InChI=1S/C12H12Cl2O3/c13-9-6-5-8(7-10(9)14)3-1-2-4-11(15)12(16)17/h5-7H,1-4H2,(H,16,17). The van der Waals surface area contributed by atoms with E-state index < -0.39 is 11.8 Å². The topological polar surface area (TPSA) is 54.4 Å². The van der Waals surface area contributed by atoms with Crippen LogP contribution in [0.15, 0.2) is 18.2 Å². The Morgan fingerprint density at radius 1 is 1.12 bits per heavy atom. The van der Waals surface area contributed by atoms with E-state index >= 15 is 0 Å². The van der Waals surface area contributed by atoms with Crippen molar-refractivity contribution in [2.24, 2.45) is 0 Å². The van der Waals surface area contributed by atoms with E-state index in [1.807, 2.05) is 6.07 Å². The number of aliphatic carboxylic acids is 1. The summed E-state index contributed by atoms with van der Waals surface area (Å²) in [6.45, 7) is 0. The van der Waals surface area contributed by atoms with Crippen LogP contribution < -0.4 is 0 Å². The Hall–Kier alpha value is -1.06. The zero-order valence-corrected chi connectivity index (χ0v) is 10.6. The number of carboxylic acids is 1. The van der Waals surface area contributed by atoms with Gasteiger partial charge in [-0.2, -0.15) is 0 Å². The predicted octanol–water partition coefficient (Wildman–Crippen LogP) is 3.36. The number of Topliss-reactive ketones (excluding diaryl/α,β-unsaturated/α-hetero) is 1. The third-order valence-electron chi connectivity index (χ3n) is 2.34. The molecule has 0 saturated carbocycles. The third-order valence-corrected chi connectivity index (χ3v) is 3.08. The van der Waals surface area contributed by atoms with Gasteiger partial charge in [-0.25, -0.2) is 4.79 Å². The lowest BCUT2D eigenvalue weighted by Gasteiger charge is -2.02. The van der Waals surface area contributed by atoms with Crippen LogP contribution in [0.4, 0.5) is 0 Å². The molecule has 5 heteroatoms. The van der Waals surface area contributed by atoms with Crippen molar-refractivity contribution < 1.29 is 14.7 Å². The number of hydrogen-bond acceptors (Lipinski definition) is 2. The molecule has 1 N–H and O–H groups in total. The monoisotopic (exact) mass is 274 g/mol. The molecule has 0 radical (unpaired) electrons. The van der Waals surface area contributed by atoms with Gasteiger partial charge in [-0.3, -0.25) is 4.79 Å². The van der Waals surface area contributed by atoms with Crippen LogP contribution >= 0.6 is 23.2 Å². The average Bonchev–Trinajstić information content (AvgIpc) is 2.28. The molecule has 0 amide bonds. The summed E-state index contributed by atoms with van der Waals surface area (Å²) >= 11 is 11.6. The van der Waals surface area contributed by atoms with E-state index in [1.54, 1.807) is 12.1 Å². The molecule has 0 aliphatic heterocycles. The average molecular weight is 275 g/mol. The molecule has 0 aromatic heterocycles. The normalized spacial score (nSPS) is 10.2. The van der Waals surface area contributed by atoms with Gasteiger partial charge >= 0.3 is 5.97 Å². The summed E-state index contributed by atoms with van der Waals surface area (Å²) in [4.78, 5) is 21.1. The zero-order chi connectivity index (χ0) is 12.8. The van der Waals surface area contributed by atoms with E-state index in [9.17, 15) is 9.59 Å². The molecular weight excluding hydrogens is 263 g/mol. The quantitative estimate of drug-likeness (QED) is 0.639. The van der Waals surface area contributed by atoms with E-state index in [-0.39, 0.29) is 6.42 Å². The lowest BCUT2D eigenvalue weighted by Crippen LogP contribution is -2.11. The fourth-order valence-corrected chi connectivity index (χ4v) is 1.74. The van der Waals surface area contributed by atoms with E-state index in [0.717, 1.165) is 18.4 Å². The molecule has 0 atom stereocenters. The maximum absolute atomic E-state index is 10.8. The molecule has 1 aromatic carbocycles. The number of hydrogen-bond donors (Lipinski definition) is 1. The van der Waals surface area contributed by atoms with E-state index in [4.69, 9.17) is 28.3 Å². The van der Waals surface area contributed by atoms with Crippen LogP contribution in [-0.2, 0) is 16.0 Å². The summed E-state index contributed by atoms with van der Waals surface area (Å²) in [5.74, 6) is -2.10. The summed E-state index contributed by atoms with van der Waals surface area (Å²) in [6.07, 6.45) is 2.14. The van der Waals surface area contributed by atoms with Crippen molar-refractivity contribution in [3.63, 3.8) is 0 Å². The molecule has 0 heterocycles. The van der Waals surface area contributed by atoms with E-state index in [1.165, 1.54) is 0 Å². The van der Waals surface area contributed by atoms with Crippen LogP contribution in [-0.4, -0.2) is 16.9 Å². The van der Waals surface area contributed by atoms with Crippen LogP contribution in [0, 0.1) is 0 Å². The van der Waals surface area contributed by atoms with Gasteiger partial charge in [-0.05, 0) is 37.0 Å². The van der Waals surface area contributed by atoms with Gasteiger partial charge < -0.3 is 5.11 Å². The lowest BCUT2D eigenvalue weighted by atomic mass is 10.1. The van der Waals surface area contributed by atoms with Crippen molar-refractivity contribution in [1.82, 2.24) is 0 Å². The number of carbonyl (C=O) groups excluding carboxylic acids is 1. The summed E-state index contributed by atoms with van der Waals surface area (Å²) in [6, 6.07) is 5.37. The molecule has 1 aromatic rings. The first kappa shape index (κ1) is 14.0. The second-order valence-electron chi connectivity index (χ2n) is 3.68. The van der Waals surface area contributed by atoms with Crippen LogP contribution in [0.5, 0.6) is 0 Å². The van der Waals surface area contributed by atoms with Gasteiger partial charge in [0.2, 0.25) is 5.78 Å². The second kappa shape index (κ2) is 6.62. The fraction of sp³-hybridized carbons (Fsp3) is 0.333. The van der Waals surface area contributed by atoms with Gasteiger partial charge in [0.25, 0.3) is 0 Å². The number of carbonyl (C=O) groups is 2. The number of ketones is 1. The smallest absolute Gasteiger partial charge is 0.372 e. The molecule has 0 bridgehead atoms. The highest BCUT2D eigenvalue weighted by Crippen LogP contribution is 2.23. The van der Waals surface area contributed by atoms with Gasteiger partial charge in [-0.1, -0.05) is 29.3 Å². The SMILES string of the molecule is O=C(O)C(=O)CCCCc1ccc(Cl)c(Cl)c1. The number of halogens is 2. The highest BCUT2D eigenvalue weighted by molar-refractivity contribution is 6.42. The molecule has 92 valence electrons. The Labute approximate surface area is 109 Å². The number of benzene rings is 1. The Kier molecular flexibility index (Phi) is 5.45. The molecule has 17 heavy (non-hydrogen) atoms. The summed E-state index contributed by atoms with van der Waals surface area (Å²) < 4.78 is 0. The van der Waals surface area contributed by atoms with Crippen molar-refractivity contribution >= 4 is 35.0 Å². The lowest BCUT2D eigenvalue weighted by molar-refractivity contribution is -0.149. The molecule has 0 spiro atoms. The summed E-state index contributed by atoms with van der Waals surface area (Å²) in [7, 11) is 0. The number of unbranched alkanes of at least 4 members (excludes halogenated alkanes) is 1. The van der Waals surface area contributed by atoms with Crippen LogP contribution in [0.25, 0.3) is 0 Å². The molecule has 1 rings (SSSR count). The first-order chi connectivity index (χ1) is 8.00. The van der Waals surface area contributed by atoms with Gasteiger partial charge in [0, 0.05) is 6.42 Å². The Bertz CT molecular complexity index is 430. The van der Waals surface area contributed by atoms with Gasteiger partial charge in [0.15, 0.2) is 0 Å². The van der Waals surface area contributed by atoms with Gasteiger partial charge in [0.05, 0.1) is 10.0 Å². The van der Waals surface area contributed by atoms with Crippen LogP contribution in [0.3, 0.4) is 0 Å². The molecular formula is C12H12Cl2O3. The first-order valence-corrected chi connectivity index (χ1v) is 5.96. The van der Waals surface area contributed by atoms with E-state index in [2.05, 4.69) is 0 Å². The molecule has 0 aliphatic carbocycles. The summed E-state index contributed by atoms with van der Waals surface area (Å²) in [5, 5.41) is 9.40. The minimum absolute atomic E-state index is 0.0800. The number of rotatable bonds is 6. The number of carboxylic acid groups (broad SMARTS) is 1. The molecule has 0 saturated heterocycles. The van der Waals surface area contributed by atoms with Gasteiger partial charge in [0.1, 0.15) is 0 Å². The molecule has 0 fully saturated rings. The van der Waals surface area contributed by atoms with Crippen molar-refractivity contribution in [2.75, 3.05) is 0 Å². The minimum atomic E-state index is -1.36. The Balaban J connectivity index is 2.34. The van der Waals surface area contributed by atoms with Crippen LogP contribution in [0.1, 0.15) is 24.8 Å². The molecule has 3 nitrogen and oxygen atoms in total. The Morgan fingerprint density at radius 3 is 2.41 bits per heavy atom. The summed E-state index contributed by atoms with van der Waals surface area (Å²) in [5.41, 5.74) is 1.03. The second-order valence-corrected chi connectivity index (χ2v) is 4.50. The zero-order valence-electron chi connectivity index (χ0n) is 9.08. The first-order valence-electron chi connectivity index (χ1n) is 5.20. The minimum Gasteiger partial charge on any atom is -0.476 e. The maximum atomic E-state index is 10.8. The fourth-order valence-electron chi connectivity index (χ4n) is 1.42. The van der Waals surface area contributed by atoms with Crippen LogP contribution in [0.2, 0.25) is 10.0 Å². The Morgan fingerprint density at radius 2 is 1.82 bits per heavy atom. The van der Waals surface area contributed by atoms with Crippen molar-refractivity contribution in [3.8, 4) is 0 Å². The molecule has 0 unspecified atom stereocenters. The van der Waals surface area contributed by atoms with Crippen molar-refractivity contribution in [2.45, 2.75) is 25.7 Å². The van der Waals surface area contributed by atoms with Crippen molar-refractivity contribution in [1.29, 1.82) is 0 Å². The van der Waals surface area contributed by atoms with Gasteiger partial charge in [-0.15, -0.1) is 0 Å². The highest BCUT2D eigenvalue weighted by atomic mass is 35.5. The third kappa shape index (κ3) is 4.75. The maximum Gasteiger partial charge on any atom is 0.372 e. The predicted molar refractivity (Wildman–Crippen MR) is 66.7 cm³/mol. The molecule has 0 aliphatic rings. The highest BCUT2D eigenvalue weighted by Gasteiger charge is 2.10. The largest absolute Gasteiger partial charge is 0.476 e.